The van der Waals surface area contributed by atoms with E-state index in [-0.39, 0.29) is 6.10 Å². The Hall–Kier alpha value is -0.160. The molecule has 0 saturated carbocycles. The van der Waals surface area contributed by atoms with Gasteiger partial charge < -0.3 is 15.4 Å². The van der Waals surface area contributed by atoms with Crippen molar-refractivity contribution < 1.29 is 4.74 Å². The molecule has 4 nitrogen and oxygen atoms in total. The lowest BCUT2D eigenvalue weighted by Gasteiger charge is -2.37. The number of hydrogen-bond donors (Lipinski definition) is 1. The van der Waals surface area contributed by atoms with Gasteiger partial charge in [0.2, 0.25) is 0 Å². The monoisotopic (exact) mass is 229 g/mol. The molecule has 96 valence electrons. The highest BCUT2D eigenvalue weighted by atomic mass is 16.5. The molecule has 0 aliphatic carbocycles. The summed E-state index contributed by atoms with van der Waals surface area (Å²) in [6.07, 6.45) is 1.28. The second-order valence-electron chi connectivity index (χ2n) is 4.85. The lowest BCUT2D eigenvalue weighted by Crippen LogP contribution is -2.49. The van der Waals surface area contributed by atoms with Crippen molar-refractivity contribution in [1.29, 1.82) is 0 Å². The van der Waals surface area contributed by atoms with Gasteiger partial charge >= 0.3 is 0 Å². The molecule has 0 bridgehead atoms. The molecule has 0 aromatic carbocycles. The predicted molar refractivity (Wildman–Crippen MR) is 67.6 cm³/mol. The Bertz CT molecular complexity index is 175. The SMILES string of the molecule is COC(CN)CCN1CCN(C(C)C)CC1. The molecular formula is C12H27N3O. The van der Waals surface area contributed by atoms with Gasteiger partial charge in [0.1, 0.15) is 0 Å². The first-order valence-electron chi connectivity index (χ1n) is 6.36. The fourth-order valence-electron chi connectivity index (χ4n) is 2.16. The van der Waals surface area contributed by atoms with Crippen LogP contribution in [-0.2, 0) is 4.74 Å². The van der Waals surface area contributed by atoms with Gasteiger partial charge in [0.05, 0.1) is 6.10 Å². The van der Waals surface area contributed by atoms with Gasteiger partial charge in [-0.15, -0.1) is 0 Å². The van der Waals surface area contributed by atoms with Crippen molar-refractivity contribution in [2.45, 2.75) is 32.4 Å². The third-order valence-corrected chi connectivity index (χ3v) is 3.50. The average Bonchev–Trinajstić information content (AvgIpc) is 2.31. The van der Waals surface area contributed by atoms with E-state index in [0.717, 1.165) is 13.0 Å². The number of ether oxygens (including phenoxy) is 1. The van der Waals surface area contributed by atoms with Crippen molar-refractivity contribution in [3.05, 3.63) is 0 Å². The van der Waals surface area contributed by atoms with Gasteiger partial charge in [-0.2, -0.15) is 0 Å². The van der Waals surface area contributed by atoms with Crippen molar-refractivity contribution in [3.63, 3.8) is 0 Å². The molecule has 2 N–H and O–H groups in total. The van der Waals surface area contributed by atoms with Crippen LogP contribution in [0.4, 0.5) is 0 Å². The standard InChI is InChI=1S/C12H27N3O/c1-11(2)15-8-6-14(7-9-15)5-4-12(10-13)16-3/h11-12H,4-10,13H2,1-3H3. The van der Waals surface area contributed by atoms with Crippen molar-refractivity contribution in [1.82, 2.24) is 9.80 Å². The van der Waals surface area contributed by atoms with E-state index >= 15 is 0 Å². The van der Waals surface area contributed by atoms with Crippen LogP contribution in [0.5, 0.6) is 0 Å². The van der Waals surface area contributed by atoms with E-state index in [4.69, 9.17) is 10.5 Å². The van der Waals surface area contributed by atoms with Crippen molar-refractivity contribution in [2.24, 2.45) is 5.73 Å². The predicted octanol–water partition coefficient (Wildman–Crippen LogP) is 0.376. The summed E-state index contributed by atoms with van der Waals surface area (Å²) in [6, 6.07) is 0.679. The summed E-state index contributed by atoms with van der Waals surface area (Å²) in [4.78, 5) is 5.05. The lowest BCUT2D eigenvalue weighted by atomic mass is 10.2. The first-order valence-corrected chi connectivity index (χ1v) is 6.36. The summed E-state index contributed by atoms with van der Waals surface area (Å²) in [5.74, 6) is 0. The Balaban J connectivity index is 2.17. The minimum Gasteiger partial charge on any atom is -0.380 e. The van der Waals surface area contributed by atoms with Gasteiger partial charge in [-0.1, -0.05) is 0 Å². The van der Waals surface area contributed by atoms with Crippen molar-refractivity contribution in [3.8, 4) is 0 Å². The quantitative estimate of drug-likeness (QED) is 0.715. The smallest absolute Gasteiger partial charge is 0.0705 e. The van der Waals surface area contributed by atoms with E-state index in [2.05, 4.69) is 23.6 Å². The highest BCUT2D eigenvalue weighted by Crippen LogP contribution is 2.07. The van der Waals surface area contributed by atoms with Gasteiger partial charge in [-0.3, -0.25) is 4.90 Å². The Labute approximate surface area is 99.7 Å². The second-order valence-corrected chi connectivity index (χ2v) is 4.85. The zero-order chi connectivity index (χ0) is 12.0. The van der Waals surface area contributed by atoms with E-state index in [1.54, 1.807) is 7.11 Å². The van der Waals surface area contributed by atoms with E-state index in [9.17, 15) is 0 Å². The minimum absolute atomic E-state index is 0.225. The number of methoxy groups -OCH3 is 1. The molecule has 0 spiro atoms. The van der Waals surface area contributed by atoms with Crippen LogP contribution in [0.2, 0.25) is 0 Å². The highest BCUT2D eigenvalue weighted by molar-refractivity contribution is 4.75. The van der Waals surface area contributed by atoms with E-state index in [0.29, 0.717) is 12.6 Å². The van der Waals surface area contributed by atoms with Gasteiger partial charge in [-0.25, -0.2) is 0 Å². The molecule has 1 unspecified atom stereocenters. The minimum atomic E-state index is 0.225. The number of nitrogens with two attached hydrogens (primary N) is 1. The van der Waals surface area contributed by atoms with Gasteiger partial charge in [0.25, 0.3) is 0 Å². The molecule has 0 radical (unpaired) electrons. The summed E-state index contributed by atoms with van der Waals surface area (Å²) >= 11 is 0. The van der Waals surface area contributed by atoms with Gasteiger partial charge in [0.15, 0.2) is 0 Å². The van der Waals surface area contributed by atoms with E-state index in [1.807, 2.05) is 0 Å². The topological polar surface area (TPSA) is 41.7 Å². The van der Waals surface area contributed by atoms with Crippen LogP contribution < -0.4 is 5.73 Å². The molecule has 1 rings (SSSR count). The largest absolute Gasteiger partial charge is 0.380 e. The lowest BCUT2D eigenvalue weighted by molar-refractivity contribution is 0.0687. The molecule has 1 aliphatic heterocycles. The molecule has 1 saturated heterocycles. The van der Waals surface area contributed by atoms with Crippen LogP contribution in [0.3, 0.4) is 0 Å². The first-order chi connectivity index (χ1) is 7.67. The van der Waals surface area contributed by atoms with Crippen LogP contribution in [-0.4, -0.2) is 68.3 Å². The van der Waals surface area contributed by atoms with E-state index < -0.39 is 0 Å². The summed E-state index contributed by atoms with van der Waals surface area (Å²) in [5, 5.41) is 0. The molecule has 0 aromatic heterocycles. The Morgan fingerprint density at radius 1 is 1.19 bits per heavy atom. The maximum Gasteiger partial charge on any atom is 0.0705 e. The number of piperazine rings is 1. The normalized spacial score (nSPS) is 21.6. The molecule has 1 fully saturated rings. The van der Waals surface area contributed by atoms with Crippen LogP contribution in [0.15, 0.2) is 0 Å². The number of rotatable bonds is 6. The van der Waals surface area contributed by atoms with Gasteiger partial charge in [0, 0.05) is 52.4 Å². The number of hydrogen-bond acceptors (Lipinski definition) is 4. The zero-order valence-electron chi connectivity index (χ0n) is 11.0. The molecule has 1 atom stereocenters. The van der Waals surface area contributed by atoms with Crippen molar-refractivity contribution in [2.75, 3.05) is 46.4 Å². The van der Waals surface area contributed by atoms with Crippen LogP contribution in [0.25, 0.3) is 0 Å². The Morgan fingerprint density at radius 3 is 2.25 bits per heavy atom. The zero-order valence-corrected chi connectivity index (χ0v) is 11.0. The fraction of sp³-hybridized carbons (Fsp3) is 1.00. The molecule has 0 amide bonds. The van der Waals surface area contributed by atoms with Crippen LogP contribution in [0, 0.1) is 0 Å². The molecular weight excluding hydrogens is 202 g/mol. The fourth-order valence-corrected chi connectivity index (χ4v) is 2.16. The Morgan fingerprint density at radius 2 is 1.81 bits per heavy atom. The third-order valence-electron chi connectivity index (χ3n) is 3.50. The summed E-state index contributed by atoms with van der Waals surface area (Å²) in [6.45, 7) is 11.0. The summed E-state index contributed by atoms with van der Waals surface area (Å²) in [5.41, 5.74) is 5.61. The Kier molecular flexibility index (Phi) is 6.28. The second kappa shape index (κ2) is 7.22. The average molecular weight is 229 g/mol. The molecule has 1 heterocycles. The summed E-state index contributed by atoms with van der Waals surface area (Å²) in [7, 11) is 1.74. The van der Waals surface area contributed by atoms with Crippen LogP contribution in [0.1, 0.15) is 20.3 Å². The maximum atomic E-state index is 5.61. The summed E-state index contributed by atoms with van der Waals surface area (Å²) < 4.78 is 5.29. The first kappa shape index (κ1) is 13.9. The van der Waals surface area contributed by atoms with Gasteiger partial charge in [-0.05, 0) is 20.3 Å². The van der Waals surface area contributed by atoms with Crippen LogP contribution >= 0.6 is 0 Å². The molecule has 4 heteroatoms. The highest BCUT2D eigenvalue weighted by Gasteiger charge is 2.19. The van der Waals surface area contributed by atoms with E-state index in [1.165, 1.54) is 26.2 Å². The molecule has 1 aliphatic rings. The molecule has 0 aromatic rings. The van der Waals surface area contributed by atoms with Crippen molar-refractivity contribution >= 4 is 0 Å². The molecule has 16 heavy (non-hydrogen) atoms. The third kappa shape index (κ3) is 4.37. The number of nitrogens with zero attached hydrogens (tertiary/aromatic N) is 2. The maximum absolute atomic E-state index is 5.61.